The van der Waals surface area contributed by atoms with Gasteiger partial charge < -0.3 is 16.0 Å². The summed E-state index contributed by atoms with van der Waals surface area (Å²) in [6.45, 7) is 6.33. The van der Waals surface area contributed by atoms with Gasteiger partial charge in [-0.15, -0.1) is 0 Å². The zero-order valence-corrected chi connectivity index (χ0v) is 10.2. The van der Waals surface area contributed by atoms with Crippen LogP contribution in [0.4, 0.5) is 11.4 Å². The summed E-state index contributed by atoms with van der Waals surface area (Å²) >= 11 is 0. The Kier molecular flexibility index (Phi) is 4.64. The minimum Gasteiger partial charge on any atom is -0.372 e. The van der Waals surface area contributed by atoms with Gasteiger partial charge in [0.15, 0.2) is 5.96 Å². The van der Waals surface area contributed by atoms with Crippen molar-refractivity contribution in [3.63, 3.8) is 0 Å². The van der Waals surface area contributed by atoms with E-state index in [1.807, 2.05) is 12.1 Å². The van der Waals surface area contributed by atoms with Crippen molar-refractivity contribution >= 4 is 17.3 Å². The highest BCUT2D eigenvalue weighted by Gasteiger charge is 2.01. The summed E-state index contributed by atoms with van der Waals surface area (Å²) in [5, 5.41) is 3.00. The van der Waals surface area contributed by atoms with E-state index in [-0.39, 0.29) is 0 Å². The Morgan fingerprint density at radius 1 is 1.25 bits per heavy atom. The van der Waals surface area contributed by atoms with Crippen LogP contribution in [0.5, 0.6) is 0 Å². The first-order valence-electron chi connectivity index (χ1n) is 5.55. The van der Waals surface area contributed by atoms with Crippen molar-refractivity contribution in [1.29, 1.82) is 0 Å². The SMILES string of the molecule is CCN(CC)c1ccc(NC(N)=NC)cc1. The maximum absolute atomic E-state index is 5.58. The minimum absolute atomic E-state index is 0.426. The predicted octanol–water partition coefficient (Wildman–Crippen LogP) is 1.89. The highest BCUT2D eigenvalue weighted by molar-refractivity contribution is 5.92. The molecule has 0 aliphatic rings. The topological polar surface area (TPSA) is 53.6 Å². The largest absolute Gasteiger partial charge is 0.372 e. The van der Waals surface area contributed by atoms with Crippen molar-refractivity contribution in [3.05, 3.63) is 24.3 Å². The van der Waals surface area contributed by atoms with Gasteiger partial charge in [0.05, 0.1) is 0 Å². The van der Waals surface area contributed by atoms with Crippen LogP contribution in [0.15, 0.2) is 29.3 Å². The molecule has 0 heterocycles. The van der Waals surface area contributed by atoms with Crippen LogP contribution in [0.25, 0.3) is 0 Å². The van der Waals surface area contributed by atoms with Crippen LogP contribution in [0.3, 0.4) is 0 Å². The number of guanidine groups is 1. The van der Waals surface area contributed by atoms with Crippen LogP contribution in [-0.4, -0.2) is 26.1 Å². The van der Waals surface area contributed by atoms with E-state index in [0.717, 1.165) is 18.8 Å². The molecule has 0 saturated heterocycles. The molecular formula is C12H20N4. The lowest BCUT2D eigenvalue weighted by atomic mass is 10.2. The lowest BCUT2D eigenvalue weighted by molar-refractivity contribution is 0.866. The summed E-state index contributed by atoms with van der Waals surface area (Å²) in [4.78, 5) is 6.14. The molecule has 0 aliphatic heterocycles. The van der Waals surface area contributed by atoms with Crippen LogP contribution in [0.1, 0.15) is 13.8 Å². The quantitative estimate of drug-likeness (QED) is 0.602. The molecule has 1 rings (SSSR count). The number of hydrogen-bond acceptors (Lipinski definition) is 2. The van der Waals surface area contributed by atoms with Gasteiger partial charge in [-0.05, 0) is 38.1 Å². The molecule has 0 atom stereocenters. The van der Waals surface area contributed by atoms with Crippen molar-refractivity contribution in [2.75, 3.05) is 30.4 Å². The first kappa shape index (κ1) is 12.4. The molecule has 16 heavy (non-hydrogen) atoms. The van der Waals surface area contributed by atoms with Gasteiger partial charge in [0.25, 0.3) is 0 Å². The molecule has 1 aromatic carbocycles. The van der Waals surface area contributed by atoms with Crippen LogP contribution in [0, 0.1) is 0 Å². The molecule has 0 spiro atoms. The molecule has 0 unspecified atom stereocenters. The van der Waals surface area contributed by atoms with Crippen LogP contribution in [-0.2, 0) is 0 Å². The first-order valence-corrected chi connectivity index (χ1v) is 5.55. The summed E-state index contributed by atoms with van der Waals surface area (Å²) in [7, 11) is 1.66. The Bertz CT molecular complexity index is 339. The van der Waals surface area contributed by atoms with E-state index in [4.69, 9.17) is 5.73 Å². The normalized spacial score (nSPS) is 11.3. The Labute approximate surface area is 97.2 Å². The first-order chi connectivity index (χ1) is 7.71. The highest BCUT2D eigenvalue weighted by Crippen LogP contribution is 2.17. The fourth-order valence-electron chi connectivity index (χ4n) is 1.55. The zero-order chi connectivity index (χ0) is 12.0. The smallest absolute Gasteiger partial charge is 0.192 e. The average Bonchev–Trinajstić information content (AvgIpc) is 2.32. The number of nitrogens with zero attached hydrogens (tertiary/aromatic N) is 2. The third kappa shape index (κ3) is 3.15. The summed E-state index contributed by atoms with van der Waals surface area (Å²) in [5.74, 6) is 0.426. The van der Waals surface area contributed by atoms with Gasteiger partial charge in [0, 0.05) is 31.5 Å². The molecule has 0 aromatic heterocycles. The second-order valence-corrected chi connectivity index (χ2v) is 3.45. The average molecular weight is 220 g/mol. The van der Waals surface area contributed by atoms with Gasteiger partial charge in [0.1, 0.15) is 0 Å². The van der Waals surface area contributed by atoms with Crippen LogP contribution >= 0.6 is 0 Å². The maximum Gasteiger partial charge on any atom is 0.192 e. The third-order valence-corrected chi connectivity index (χ3v) is 2.51. The van der Waals surface area contributed by atoms with Crippen molar-refractivity contribution in [2.24, 2.45) is 10.7 Å². The molecular weight excluding hydrogens is 200 g/mol. The number of anilines is 2. The molecule has 0 saturated carbocycles. The number of aliphatic imine (C=N–C) groups is 1. The van der Waals surface area contributed by atoms with E-state index < -0.39 is 0 Å². The number of benzene rings is 1. The third-order valence-electron chi connectivity index (χ3n) is 2.51. The lowest BCUT2D eigenvalue weighted by Gasteiger charge is -2.21. The molecule has 4 heteroatoms. The molecule has 4 nitrogen and oxygen atoms in total. The van der Waals surface area contributed by atoms with Crippen molar-refractivity contribution in [1.82, 2.24) is 0 Å². The van der Waals surface area contributed by atoms with E-state index in [2.05, 4.69) is 41.2 Å². The monoisotopic (exact) mass is 220 g/mol. The van der Waals surface area contributed by atoms with E-state index in [0.29, 0.717) is 5.96 Å². The molecule has 0 radical (unpaired) electrons. The molecule has 1 aromatic rings. The van der Waals surface area contributed by atoms with Gasteiger partial charge in [-0.2, -0.15) is 0 Å². The fraction of sp³-hybridized carbons (Fsp3) is 0.417. The fourth-order valence-corrected chi connectivity index (χ4v) is 1.55. The van der Waals surface area contributed by atoms with E-state index in [9.17, 15) is 0 Å². The number of nitrogens with one attached hydrogen (secondary N) is 1. The second-order valence-electron chi connectivity index (χ2n) is 3.45. The number of rotatable bonds is 4. The van der Waals surface area contributed by atoms with Gasteiger partial charge in [-0.3, -0.25) is 4.99 Å². The van der Waals surface area contributed by atoms with E-state index in [1.165, 1.54) is 5.69 Å². The molecule has 88 valence electrons. The van der Waals surface area contributed by atoms with Gasteiger partial charge in [0.2, 0.25) is 0 Å². The molecule has 3 N–H and O–H groups in total. The number of hydrogen-bond donors (Lipinski definition) is 2. The van der Waals surface area contributed by atoms with Crippen LogP contribution < -0.4 is 16.0 Å². The minimum atomic E-state index is 0.426. The Morgan fingerprint density at radius 2 is 1.81 bits per heavy atom. The Balaban J connectivity index is 2.74. The second kappa shape index (κ2) is 6.00. The molecule has 0 amide bonds. The summed E-state index contributed by atoms with van der Waals surface area (Å²) in [5.41, 5.74) is 7.77. The zero-order valence-electron chi connectivity index (χ0n) is 10.2. The van der Waals surface area contributed by atoms with E-state index >= 15 is 0 Å². The Morgan fingerprint density at radius 3 is 2.25 bits per heavy atom. The predicted molar refractivity (Wildman–Crippen MR) is 71.2 cm³/mol. The van der Waals surface area contributed by atoms with Crippen molar-refractivity contribution in [3.8, 4) is 0 Å². The van der Waals surface area contributed by atoms with Gasteiger partial charge >= 0.3 is 0 Å². The molecule has 0 bridgehead atoms. The Hall–Kier alpha value is -1.71. The van der Waals surface area contributed by atoms with Crippen molar-refractivity contribution < 1.29 is 0 Å². The van der Waals surface area contributed by atoms with Gasteiger partial charge in [-0.25, -0.2) is 0 Å². The van der Waals surface area contributed by atoms with Crippen LogP contribution in [0.2, 0.25) is 0 Å². The maximum atomic E-state index is 5.58. The summed E-state index contributed by atoms with van der Waals surface area (Å²) in [6, 6.07) is 8.17. The summed E-state index contributed by atoms with van der Waals surface area (Å²) < 4.78 is 0. The van der Waals surface area contributed by atoms with E-state index in [1.54, 1.807) is 7.05 Å². The molecule has 0 fully saturated rings. The highest BCUT2D eigenvalue weighted by atomic mass is 15.1. The van der Waals surface area contributed by atoms with Crippen molar-refractivity contribution in [2.45, 2.75) is 13.8 Å². The summed E-state index contributed by atoms with van der Waals surface area (Å²) in [6.07, 6.45) is 0. The molecule has 0 aliphatic carbocycles. The van der Waals surface area contributed by atoms with Gasteiger partial charge in [-0.1, -0.05) is 0 Å². The lowest BCUT2D eigenvalue weighted by Crippen LogP contribution is -2.23. The number of nitrogens with two attached hydrogens (primary N) is 1. The standard InChI is InChI=1S/C12H20N4/c1-4-16(5-2)11-8-6-10(7-9-11)15-12(13)14-3/h6-9H,4-5H2,1-3H3,(H3,13,14,15).